The van der Waals surface area contributed by atoms with Crippen molar-refractivity contribution in [3.8, 4) is 5.75 Å². The van der Waals surface area contributed by atoms with Gasteiger partial charge in [-0.05, 0) is 42.5 Å². The number of nitrogens with zero attached hydrogens (tertiary/aromatic N) is 3. The van der Waals surface area contributed by atoms with Crippen LogP contribution in [-0.4, -0.2) is 49.5 Å². The van der Waals surface area contributed by atoms with E-state index in [-0.39, 0.29) is 47.8 Å². The fourth-order valence-electron chi connectivity index (χ4n) is 3.70. The van der Waals surface area contributed by atoms with Gasteiger partial charge in [0.15, 0.2) is 5.78 Å². The number of hydrogen-bond acceptors (Lipinski definition) is 14. The maximum absolute atomic E-state index is 13.6. The number of anilines is 5. The fraction of sp³-hybridized carbons (Fsp3) is 0.111. The number of amides is 1. The third-order valence-electron chi connectivity index (χ3n) is 5.60. The van der Waals surface area contributed by atoms with Gasteiger partial charge in [-0.1, -0.05) is 30.3 Å². The summed E-state index contributed by atoms with van der Waals surface area (Å²) in [6, 6.07) is 18.9. The molecule has 0 fully saturated rings. The average Bonchev–Trinajstić information content (AvgIpc) is 3.01. The summed E-state index contributed by atoms with van der Waals surface area (Å²) >= 11 is 0. The van der Waals surface area contributed by atoms with E-state index in [9.17, 15) is 29.5 Å². The maximum Gasteiger partial charge on any atom is 0.401 e. The highest BCUT2D eigenvalue weighted by molar-refractivity contribution is 7.54. The molecular formula is C27H27N7O9P2. The Labute approximate surface area is 258 Å². The molecule has 1 aromatic heterocycles. The molecule has 16 nitrogen and oxygen atoms in total. The summed E-state index contributed by atoms with van der Waals surface area (Å²) in [7, 11) is -5.12. The Kier molecular flexibility index (Phi) is 11.7. The number of carbonyl (C=O) groups is 2. The van der Waals surface area contributed by atoms with E-state index in [1.807, 2.05) is 0 Å². The van der Waals surface area contributed by atoms with E-state index in [1.54, 1.807) is 54.6 Å². The van der Waals surface area contributed by atoms with Crippen molar-refractivity contribution in [3.05, 3.63) is 100 Å². The van der Waals surface area contributed by atoms with Crippen molar-refractivity contribution in [3.63, 3.8) is 0 Å². The second kappa shape index (κ2) is 15.9. The highest BCUT2D eigenvalue weighted by atomic mass is 31.2. The van der Waals surface area contributed by atoms with Crippen LogP contribution in [0.1, 0.15) is 22.8 Å². The standard InChI is InChI=1S/C27H27N7O9P2/c1-17(35)30-19-7-9-20(10-8-19)31-27-29-16-24(34(37)38)26(33-27)32-23-12-11-21(42-45(40)43-44(39)41-14-13-28)15-22(23)25(36)18-5-3-2-4-6-18/h2-12,15-16,39-40H,13-14,28H2,1H3,(H,30,35)(H2,29,31,32,33). The molecule has 2 atom stereocenters. The summed E-state index contributed by atoms with van der Waals surface area (Å²) in [5.41, 5.74) is 6.39. The minimum atomic E-state index is -2.66. The predicted molar refractivity (Wildman–Crippen MR) is 167 cm³/mol. The van der Waals surface area contributed by atoms with Crippen LogP contribution in [0.25, 0.3) is 0 Å². The van der Waals surface area contributed by atoms with Crippen LogP contribution in [0.5, 0.6) is 5.75 Å². The van der Waals surface area contributed by atoms with Crippen LogP contribution in [0.4, 0.5) is 34.5 Å². The van der Waals surface area contributed by atoms with Crippen molar-refractivity contribution in [2.75, 3.05) is 29.1 Å². The lowest BCUT2D eigenvalue weighted by molar-refractivity contribution is -0.384. The number of nitro groups is 1. The molecular weight excluding hydrogens is 628 g/mol. The number of nitrogens with two attached hydrogens (primary N) is 1. The first-order chi connectivity index (χ1) is 21.6. The number of rotatable bonds is 15. The highest BCUT2D eigenvalue weighted by Gasteiger charge is 2.23. The van der Waals surface area contributed by atoms with Crippen molar-refractivity contribution in [2.24, 2.45) is 5.73 Å². The molecule has 0 spiro atoms. The lowest BCUT2D eigenvalue weighted by Crippen LogP contribution is -2.09. The summed E-state index contributed by atoms with van der Waals surface area (Å²) < 4.78 is 15.2. The van der Waals surface area contributed by atoms with Crippen LogP contribution in [0.3, 0.4) is 0 Å². The molecule has 234 valence electrons. The van der Waals surface area contributed by atoms with Crippen molar-refractivity contribution in [1.82, 2.24) is 9.97 Å². The van der Waals surface area contributed by atoms with E-state index in [0.717, 1.165) is 6.20 Å². The SMILES string of the molecule is CC(=O)Nc1ccc(Nc2ncc([N+](=O)[O-])c(Nc3ccc(OP(O)OP(O)OCCN)cc3C(=O)c3ccccc3)n2)cc1. The first kappa shape index (κ1) is 33.2. The monoisotopic (exact) mass is 655 g/mol. The van der Waals surface area contributed by atoms with E-state index in [2.05, 4.69) is 25.9 Å². The van der Waals surface area contributed by atoms with Crippen LogP contribution in [-0.2, 0) is 13.6 Å². The Hall–Kier alpha value is -4.66. The van der Waals surface area contributed by atoms with Gasteiger partial charge in [0, 0.05) is 36.0 Å². The molecule has 0 saturated carbocycles. The summed E-state index contributed by atoms with van der Waals surface area (Å²) in [6.45, 7) is 1.51. The molecule has 1 heterocycles. The van der Waals surface area contributed by atoms with Crippen LogP contribution in [0.2, 0.25) is 0 Å². The van der Waals surface area contributed by atoms with E-state index in [0.29, 0.717) is 16.9 Å². The van der Waals surface area contributed by atoms with Gasteiger partial charge < -0.3 is 40.5 Å². The lowest BCUT2D eigenvalue weighted by atomic mass is 10.0. The molecule has 4 aromatic rings. The topological polar surface area (TPSA) is 233 Å². The lowest BCUT2D eigenvalue weighted by Gasteiger charge is -2.17. The molecule has 0 saturated heterocycles. The summed E-state index contributed by atoms with van der Waals surface area (Å²) in [5.74, 6) is -0.923. The minimum absolute atomic E-state index is 0.00123. The average molecular weight is 656 g/mol. The predicted octanol–water partition coefficient (Wildman–Crippen LogP) is 4.87. The quantitative estimate of drug-likeness (QED) is 0.0434. The zero-order chi connectivity index (χ0) is 32.3. The Morgan fingerprint density at radius 3 is 2.38 bits per heavy atom. The summed E-state index contributed by atoms with van der Waals surface area (Å²) in [6.07, 6.45) is 1.01. The Balaban J connectivity index is 1.64. The van der Waals surface area contributed by atoms with Gasteiger partial charge in [-0.25, -0.2) is 9.29 Å². The second-order valence-corrected chi connectivity index (χ2v) is 10.9. The second-order valence-electron chi connectivity index (χ2n) is 8.87. The minimum Gasteiger partial charge on any atom is -0.427 e. The Bertz CT molecular complexity index is 1650. The van der Waals surface area contributed by atoms with Crippen LogP contribution in [0.15, 0.2) is 79.0 Å². The van der Waals surface area contributed by atoms with E-state index in [4.69, 9.17) is 19.1 Å². The van der Waals surface area contributed by atoms with E-state index in [1.165, 1.54) is 25.1 Å². The molecule has 2 unspecified atom stereocenters. The van der Waals surface area contributed by atoms with Crippen LogP contribution >= 0.6 is 17.2 Å². The highest BCUT2D eigenvalue weighted by Crippen LogP contribution is 2.49. The zero-order valence-electron chi connectivity index (χ0n) is 23.5. The van der Waals surface area contributed by atoms with E-state index >= 15 is 0 Å². The number of nitrogens with one attached hydrogen (secondary N) is 3. The van der Waals surface area contributed by atoms with Gasteiger partial charge in [0.1, 0.15) is 11.9 Å². The summed E-state index contributed by atoms with van der Waals surface area (Å²) in [4.78, 5) is 64.2. The van der Waals surface area contributed by atoms with Gasteiger partial charge in [-0.15, -0.1) is 0 Å². The zero-order valence-corrected chi connectivity index (χ0v) is 25.3. The fourth-order valence-corrected chi connectivity index (χ4v) is 5.06. The van der Waals surface area contributed by atoms with Gasteiger partial charge >= 0.3 is 22.9 Å². The molecule has 3 aromatic carbocycles. The Morgan fingerprint density at radius 2 is 1.71 bits per heavy atom. The summed E-state index contributed by atoms with van der Waals surface area (Å²) in [5, 5.41) is 20.3. The third kappa shape index (κ3) is 9.66. The molecule has 0 radical (unpaired) electrons. The van der Waals surface area contributed by atoms with Crippen LogP contribution in [0, 0.1) is 10.1 Å². The van der Waals surface area contributed by atoms with Gasteiger partial charge in [-0.2, -0.15) is 4.98 Å². The molecule has 0 bridgehead atoms. The molecule has 0 aliphatic rings. The van der Waals surface area contributed by atoms with E-state index < -0.39 is 33.6 Å². The third-order valence-corrected chi connectivity index (χ3v) is 7.48. The normalized spacial score (nSPS) is 12.1. The van der Waals surface area contributed by atoms with Crippen molar-refractivity contribution >= 4 is 63.4 Å². The smallest absolute Gasteiger partial charge is 0.401 e. The van der Waals surface area contributed by atoms with Crippen molar-refractivity contribution < 1.29 is 37.7 Å². The number of carbonyl (C=O) groups excluding carboxylic acids is 2. The number of hydrogen-bond donors (Lipinski definition) is 6. The largest absolute Gasteiger partial charge is 0.427 e. The van der Waals surface area contributed by atoms with Gasteiger partial charge in [0.05, 0.1) is 17.2 Å². The molecule has 45 heavy (non-hydrogen) atoms. The van der Waals surface area contributed by atoms with Crippen LogP contribution < -0.4 is 26.2 Å². The molecule has 18 heteroatoms. The molecule has 0 aliphatic heterocycles. The maximum atomic E-state index is 13.6. The van der Waals surface area contributed by atoms with Crippen molar-refractivity contribution in [2.45, 2.75) is 6.92 Å². The van der Waals surface area contributed by atoms with Gasteiger partial charge in [0.25, 0.3) is 0 Å². The molecule has 4 rings (SSSR count). The first-order valence-corrected chi connectivity index (χ1v) is 15.2. The van der Waals surface area contributed by atoms with Crippen molar-refractivity contribution in [1.29, 1.82) is 0 Å². The number of aromatic nitrogens is 2. The van der Waals surface area contributed by atoms with Gasteiger partial charge in [0.2, 0.25) is 17.7 Å². The first-order valence-electron chi connectivity index (χ1n) is 13.0. The molecule has 1 amide bonds. The number of ketones is 1. The molecule has 0 aliphatic carbocycles. The molecule has 7 N–H and O–H groups in total. The number of benzene rings is 3. The van der Waals surface area contributed by atoms with Gasteiger partial charge in [-0.3, -0.25) is 19.7 Å². The Morgan fingerprint density at radius 1 is 1.00 bits per heavy atom.